The van der Waals surface area contributed by atoms with Gasteiger partial charge >= 0.3 is 0 Å². The number of pyridine rings is 1. The number of aromatic nitrogens is 1. The summed E-state index contributed by atoms with van der Waals surface area (Å²) in [7, 11) is 0. The van der Waals surface area contributed by atoms with Crippen molar-refractivity contribution in [3.05, 3.63) is 63.9 Å². The molecule has 0 fully saturated rings. The molecule has 4 heteroatoms. The maximum atomic E-state index is 11.9. The summed E-state index contributed by atoms with van der Waals surface area (Å²) in [6.07, 6.45) is 2.43. The number of nitrogens with zero attached hydrogens (tertiary/aromatic N) is 1. The lowest BCUT2D eigenvalue weighted by molar-refractivity contribution is 0.0948. The normalized spacial score (nSPS) is 10.2. The van der Waals surface area contributed by atoms with E-state index in [1.165, 1.54) is 11.1 Å². The van der Waals surface area contributed by atoms with Crippen LogP contribution in [0.5, 0.6) is 0 Å². The van der Waals surface area contributed by atoms with Gasteiger partial charge in [-0.25, -0.2) is 4.98 Å². The van der Waals surface area contributed by atoms with Crippen LogP contribution in [0, 0.1) is 6.92 Å². The van der Waals surface area contributed by atoms with E-state index in [9.17, 15) is 4.79 Å². The number of carbonyl (C=O) groups excluding carboxylic acids is 1. The van der Waals surface area contributed by atoms with Crippen LogP contribution in [0.25, 0.3) is 0 Å². The van der Waals surface area contributed by atoms with Crippen molar-refractivity contribution in [2.75, 3.05) is 6.54 Å². The minimum atomic E-state index is -0.152. The lowest BCUT2D eigenvalue weighted by Crippen LogP contribution is -2.27. The standard InChI is InChI=1S/C15H15BrN2O/c1-11-5-2-3-6-12(11)8-10-18-15(19)14-13(16)7-4-9-17-14/h2-7,9H,8,10H2,1H3,(H,18,19). The molecular weight excluding hydrogens is 304 g/mol. The Hall–Kier alpha value is -1.68. The second-order valence-corrected chi connectivity index (χ2v) is 5.12. The van der Waals surface area contributed by atoms with Gasteiger partial charge < -0.3 is 5.32 Å². The molecule has 0 aliphatic heterocycles. The summed E-state index contributed by atoms with van der Waals surface area (Å²) in [5.74, 6) is -0.152. The zero-order chi connectivity index (χ0) is 13.7. The Kier molecular flexibility index (Phi) is 4.68. The Morgan fingerprint density at radius 3 is 2.79 bits per heavy atom. The molecule has 98 valence electrons. The van der Waals surface area contributed by atoms with Gasteiger partial charge in [-0.15, -0.1) is 0 Å². The van der Waals surface area contributed by atoms with Crippen molar-refractivity contribution in [1.82, 2.24) is 10.3 Å². The zero-order valence-electron chi connectivity index (χ0n) is 10.7. The molecule has 1 aromatic carbocycles. The van der Waals surface area contributed by atoms with Crippen LogP contribution in [0.1, 0.15) is 21.6 Å². The predicted octanol–water partition coefficient (Wildman–Crippen LogP) is 3.13. The maximum absolute atomic E-state index is 11.9. The van der Waals surface area contributed by atoms with Crippen LogP contribution in [0.3, 0.4) is 0 Å². The van der Waals surface area contributed by atoms with Crippen LogP contribution >= 0.6 is 15.9 Å². The van der Waals surface area contributed by atoms with Crippen molar-refractivity contribution in [1.29, 1.82) is 0 Å². The summed E-state index contributed by atoms with van der Waals surface area (Å²) in [4.78, 5) is 16.0. The first kappa shape index (κ1) is 13.7. The Labute approximate surface area is 121 Å². The summed E-state index contributed by atoms with van der Waals surface area (Å²) < 4.78 is 0.711. The zero-order valence-corrected chi connectivity index (χ0v) is 12.3. The molecule has 3 nitrogen and oxygen atoms in total. The number of aryl methyl sites for hydroxylation is 1. The molecule has 1 aromatic heterocycles. The topological polar surface area (TPSA) is 42.0 Å². The molecule has 0 radical (unpaired) electrons. The molecule has 0 unspecified atom stereocenters. The number of hydrogen-bond acceptors (Lipinski definition) is 2. The van der Waals surface area contributed by atoms with E-state index in [1.54, 1.807) is 12.3 Å². The molecule has 1 heterocycles. The lowest BCUT2D eigenvalue weighted by atomic mass is 10.1. The number of carbonyl (C=O) groups is 1. The van der Waals surface area contributed by atoms with Gasteiger partial charge in [0.15, 0.2) is 0 Å². The lowest BCUT2D eigenvalue weighted by Gasteiger charge is -2.07. The maximum Gasteiger partial charge on any atom is 0.271 e. The van der Waals surface area contributed by atoms with Crippen molar-refractivity contribution in [3.63, 3.8) is 0 Å². The van der Waals surface area contributed by atoms with E-state index in [-0.39, 0.29) is 5.91 Å². The average molecular weight is 319 g/mol. The predicted molar refractivity (Wildman–Crippen MR) is 79.2 cm³/mol. The highest BCUT2D eigenvalue weighted by Crippen LogP contribution is 2.13. The molecule has 0 aliphatic carbocycles. The molecule has 2 rings (SSSR count). The molecule has 2 aromatic rings. The largest absolute Gasteiger partial charge is 0.350 e. The van der Waals surface area contributed by atoms with Crippen LogP contribution in [0.4, 0.5) is 0 Å². The summed E-state index contributed by atoms with van der Waals surface area (Å²) in [6, 6.07) is 11.8. The molecule has 0 saturated carbocycles. The number of rotatable bonds is 4. The van der Waals surface area contributed by atoms with E-state index in [0.29, 0.717) is 16.7 Å². The highest BCUT2D eigenvalue weighted by Gasteiger charge is 2.10. The summed E-state index contributed by atoms with van der Waals surface area (Å²) >= 11 is 3.32. The first-order valence-electron chi connectivity index (χ1n) is 6.11. The minimum absolute atomic E-state index is 0.152. The van der Waals surface area contributed by atoms with E-state index in [4.69, 9.17) is 0 Å². The fourth-order valence-corrected chi connectivity index (χ4v) is 2.27. The third-order valence-corrected chi connectivity index (χ3v) is 3.55. The minimum Gasteiger partial charge on any atom is -0.350 e. The SMILES string of the molecule is Cc1ccccc1CCNC(=O)c1ncccc1Br. The molecule has 19 heavy (non-hydrogen) atoms. The highest BCUT2D eigenvalue weighted by molar-refractivity contribution is 9.10. The number of amides is 1. The van der Waals surface area contributed by atoms with Gasteiger partial charge in [0.05, 0.1) is 0 Å². The number of benzene rings is 1. The third-order valence-electron chi connectivity index (χ3n) is 2.91. The van der Waals surface area contributed by atoms with Gasteiger partial charge in [0, 0.05) is 17.2 Å². The van der Waals surface area contributed by atoms with Crippen LogP contribution in [0.15, 0.2) is 47.1 Å². The summed E-state index contributed by atoms with van der Waals surface area (Å²) in [6.45, 7) is 2.68. The molecule has 0 saturated heterocycles. The van der Waals surface area contributed by atoms with E-state index in [1.807, 2.05) is 18.2 Å². The average Bonchev–Trinajstić information content (AvgIpc) is 2.41. The molecular formula is C15H15BrN2O. The second kappa shape index (κ2) is 6.48. The Balaban J connectivity index is 1.92. The summed E-state index contributed by atoms with van der Waals surface area (Å²) in [5, 5.41) is 2.88. The van der Waals surface area contributed by atoms with Crippen molar-refractivity contribution in [2.45, 2.75) is 13.3 Å². The van der Waals surface area contributed by atoms with E-state index >= 15 is 0 Å². The monoisotopic (exact) mass is 318 g/mol. The Morgan fingerprint density at radius 2 is 2.05 bits per heavy atom. The molecule has 0 bridgehead atoms. The van der Waals surface area contributed by atoms with Crippen LogP contribution in [-0.4, -0.2) is 17.4 Å². The second-order valence-electron chi connectivity index (χ2n) is 4.27. The van der Waals surface area contributed by atoms with Crippen molar-refractivity contribution < 1.29 is 4.79 Å². The molecule has 0 spiro atoms. The molecule has 0 aliphatic rings. The van der Waals surface area contributed by atoms with Crippen LogP contribution < -0.4 is 5.32 Å². The van der Waals surface area contributed by atoms with E-state index < -0.39 is 0 Å². The van der Waals surface area contributed by atoms with E-state index in [0.717, 1.165) is 6.42 Å². The third kappa shape index (κ3) is 3.64. The molecule has 1 amide bonds. The first-order chi connectivity index (χ1) is 9.18. The molecule has 1 N–H and O–H groups in total. The first-order valence-corrected chi connectivity index (χ1v) is 6.91. The van der Waals surface area contributed by atoms with Gasteiger partial charge in [0.1, 0.15) is 5.69 Å². The fourth-order valence-electron chi connectivity index (χ4n) is 1.84. The quantitative estimate of drug-likeness (QED) is 0.941. The van der Waals surface area contributed by atoms with Gasteiger partial charge in [-0.1, -0.05) is 24.3 Å². The van der Waals surface area contributed by atoms with Crippen LogP contribution in [0.2, 0.25) is 0 Å². The molecule has 0 atom stereocenters. The van der Waals surface area contributed by atoms with Gasteiger partial charge in [-0.05, 0) is 52.5 Å². The van der Waals surface area contributed by atoms with Crippen molar-refractivity contribution in [2.24, 2.45) is 0 Å². The van der Waals surface area contributed by atoms with E-state index in [2.05, 4.69) is 45.3 Å². The smallest absolute Gasteiger partial charge is 0.271 e. The Morgan fingerprint density at radius 1 is 1.26 bits per heavy atom. The number of nitrogens with one attached hydrogen (secondary N) is 1. The Bertz CT molecular complexity index is 584. The highest BCUT2D eigenvalue weighted by atomic mass is 79.9. The van der Waals surface area contributed by atoms with Crippen LogP contribution in [-0.2, 0) is 6.42 Å². The van der Waals surface area contributed by atoms with Crippen molar-refractivity contribution >= 4 is 21.8 Å². The van der Waals surface area contributed by atoms with Gasteiger partial charge in [-0.2, -0.15) is 0 Å². The van der Waals surface area contributed by atoms with Gasteiger partial charge in [-0.3, -0.25) is 4.79 Å². The fraction of sp³-hybridized carbons (Fsp3) is 0.200. The summed E-state index contributed by atoms with van der Waals surface area (Å²) in [5.41, 5.74) is 2.92. The van der Waals surface area contributed by atoms with Gasteiger partial charge in [0.2, 0.25) is 0 Å². The van der Waals surface area contributed by atoms with Gasteiger partial charge in [0.25, 0.3) is 5.91 Å². The number of hydrogen-bond donors (Lipinski definition) is 1. The number of halogens is 1. The van der Waals surface area contributed by atoms with Crippen molar-refractivity contribution in [3.8, 4) is 0 Å².